The predicted octanol–water partition coefficient (Wildman–Crippen LogP) is 0.631. The van der Waals surface area contributed by atoms with Gasteiger partial charge in [0, 0.05) is 44.8 Å². The Balaban J connectivity index is 0.00000576. The van der Waals surface area contributed by atoms with Crippen molar-refractivity contribution < 1.29 is 9.84 Å². The first kappa shape index (κ1) is 24.8. The molecule has 0 amide bonds. The molecule has 1 aliphatic heterocycles. The van der Waals surface area contributed by atoms with Gasteiger partial charge in [0.2, 0.25) is 0 Å². The average molecular weight is 471 g/mol. The monoisotopic (exact) mass is 471 g/mol. The SMILES string of the molecule is CCNC(=NCC(C)(O)CN1CCOCC1)NCCNC(C)(C)C.I. The quantitative estimate of drug-likeness (QED) is 0.180. The van der Waals surface area contributed by atoms with Crippen molar-refractivity contribution in [3.05, 3.63) is 0 Å². The number of aliphatic imine (C=N–C) groups is 1. The number of hydrogen-bond donors (Lipinski definition) is 4. The second-order valence-corrected chi connectivity index (χ2v) is 7.68. The van der Waals surface area contributed by atoms with E-state index in [1.165, 1.54) is 0 Å². The molecule has 0 radical (unpaired) electrons. The molecule has 0 aromatic carbocycles. The molecular weight excluding hydrogens is 433 g/mol. The number of guanidine groups is 1. The lowest BCUT2D eigenvalue weighted by Crippen LogP contribution is -2.48. The number of aliphatic hydroxyl groups is 1. The van der Waals surface area contributed by atoms with Gasteiger partial charge in [0.1, 0.15) is 0 Å². The summed E-state index contributed by atoms with van der Waals surface area (Å²) >= 11 is 0. The first-order valence-corrected chi connectivity index (χ1v) is 9.01. The van der Waals surface area contributed by atoms with Crippen LogP contribution in [0.25, 0.3) is 0 Å². The van der Waals surface area contributed by atoms with Gasteiger partial charge in [0.25, 0.3) is 0 Å². The van der Waals surface area contributed by atoms with E-state index in [9.17, 15) is 5.11 Å². The van der Waals surface area contributed by atoms with E-state index in [-0.39, 0.29) is 29.5 Å². The van der Waals surface area contributed by atoms with Crippen LogP contribution in [0.1, 0.15) is 34.6 Å². The number of hydrogen-bond acceptors (Lipinski definition) is 5. The molecule has 7 nitrogen and oxygen atoms in total. The summed E-state index contributed by atoms with van der Waals surface area (Å²) in [5.41, 5.74) is -0.734. The lowest BCUT2D eigenvalue weighted by atomic mass is 10.1. The molecular formula is C17H38IN5O2. The van der Waals surface area contributed by atoms with Gasteiger partial charge in [0.15, 0.2) is 5.96 Å². The molecule has 1 aliphatic rings. The number of nitrogens with zero attached hydrogens (tertiary/aromatic N) is 2. The summed E-state index contributed by atoms with van der Waals surface area (Å²) in [6, 6.07) is 0. The van der Waals surface area contributed by atoms with E-state index in [1.54, 1.807) is 0 Å². The van der Waals surface area contributed by atoms with Crippen molar-refractivity contribution in [2.24, 2.45) is 4.99 Å². The normalized spacial score (nSPS) is 19.0. The Kier molecular flexibility index (Phi) is 12.2. The molecule has 150 valence electrons. The Morgan fingerprint density at radius 2 is 1.76 bits per heavy atom. The standard InChI is InChI=1S/C17H37N5O2.HI/c1-6-18-15(19-7-8-21-16(2,3)4)20-13-17(5,23)14-22-9-11-24-12-10-22;/h21,23H,6-14H2,1-5H3,(H2,18,19,20);1H. The summed E-state index contributed by atoms with van der Waals surface area (Å²) < 4.78 is 5.35. The van der Waals surface area contributed by atoms with Gasteiger partial charge in [-0.25, -0.2) is 0 Å². The van der Waals surface area contributed by atoms with E-state index >= 15 is 0 Å². The summed E-state index contributed by atoms with van der Waals surface area (Å²) in [5.74, 6) is 0.746. The van der Waals surface area contributed by atoms with E-state index in [0.717, 1.165) is 51.9 Å². The highest BCUT2D eigenvalue weighted by atomic mass is 127. The summed E-state index contributed by atoms with van der Waals surface area (Å²) in [7, 11) is 0. The predicted molar refractivity (Wildman–Crippen MR) is 115 cm³/mol. The van der Waals surface area contributed by atoms with Crippen LogP contribution in [0.15, 0.2) is 4.99 Å². The zero-order chi connectivity index (χ0) is 18.1. The molecule has 1 fully saturated rings. The molecule has 8 heteroatoms. The minimum Gasteiger partial charge on any atom is -0.387 e. The first-order chi connectivity index (χ1) is 11.2. The second-order valence-electron chi connectivity index (χ2n) is 7.68. The third-order valence-electron chi connectivity index (χ3n) is 3.66. The molecule has 1 heterocycles. The van der Waals surface area contributed by atoms with E-state index in [0.29, 0.717) is 13.1 Å². The Morgan fingerprint density at radius 1 is 1.12 bits per heavy atom. The topological polar surface area (TPSA) is 81.2 Å². The molecule has 0 aromatic rings. The molecule has 0 aliphatic carbocycles. The van der Waals surface area contributed by atoms with Gasteiger partial charge in [-0.3, -0.25) is 9.89 Å². The molecule has 0 bridgehead atoms. The van der Waals surface area contributed by atoms with Crippen LogP contribution in [0.3, 0.4) is 0 Å². The first-order valence-electron chi connectivity index (χ1n) is 9.01. The highest BCUT2D eigenvalue weighted by Gasteiger charge is 2.25. The number of β-amino-alcohol motifs (C(OH)–C–C–N with tert-alkyl or cyclic N) is 1. The number of ether oxygens (including phenoxy) is 1. The van der Waals surface area contributed by atoms with Crippen LogP contribution in [-0.2, 0) is 4.74 Å². The summed E-state index contributed by atoms with van der Waals surface area (Å²) in [5, 5.41) is 20.6. The van der Waals surface area contributed by atoms with Crippen molar-refractivity contribution >= 4 is 29.9 Å². The van der Waals surface area contributed by atoms with Crippen LogP contribution in [0.2, 0.25) is 0 Å². The van der Waals surface area contributed by atoms with E-state index in [2.05, 4.69) is 46.6 Å². The molecule has 4 N–H and O–H groups in total. The van der Waals surface area contributed by atoms with Crippen molar-refractivity contribution in [2.75, 3.05) is 59.0 Å². The average Bonchev–Trinajstić information content (AvgIpc) is 2.48. The largest absolute Gasteiger partial charge is 0.387 e. The van der Waals surface area contributed by atoms with Crippen molar-refractivity contribution in [1.29, 1.82) is 0 Å². The second kappa shape index (κ2) is 12.3. The zero-order valence-electron chi connectivity index (χ0n) is 16.5. The van der Waals surface area contributed by atoms with Gasteiger partial charge >= 0.3 is 0 Å². The third kappa shape index (κ3) is 12.8. The van der Waals surface area contributed by atoms with E-state index in [1.807, 2.05) is 13.8 Å². The van der Waals surface area contributed by atoms with Crippen molar-refractivity contribution in [3.8, 4) is 0 Å². The third-order valence-corrected chi connectivity index (χ3v) is 3.66. The molecule has 1 saturated heterocycles. The van der Waals surface area contributed by atoms with Crippen LogP contribution in [-0.4, -0.2) is 86.1 Å². The van der Waals surface area contributed by atoms with Crippen LogP contribution < -0.4 is 16.0 Å². The summed E-state index contributed by atoms with van der Waals surface area (Å²) in [6.45, 7) is 17.0. The number of rotatable bonds is 8. The maximum absolute atomic E-state index is 10.6. The Labute approximate surface area is 170 Å². The lowest BCUT2D eigenvalue weighted by Gasteiger charge is -2.33. The van der Waals surface area contributed by atoms with E-state index < -0.39 is 5.60 Å². The Bertz CT molecular complexity index is 380. The minimum atomic E-state index is -0.844. The molecule has 0 aromatic heterocycles. The highest BCUT2D eigenvalue weighted by molar-refractivity contribution is 14.0. The fraction of sp³-hybridized carbons (Fsp3) is 0.941. The van der Waals surface area contributed by atoms with Gasteiger partial charge in [-0.2, -0.15) is 0 Å². The minimum absolute atomic E-state index is 0. The van der Waals surface area contributed by atoms with Gasteiger partial charge in [-0.05, 0) is 34.6 Å². The van der Waals surface area contributed by atoms with Gasteiger partial charge in [-0.15, -0.1) is 24.0 Å². The van der Waals surface area contributed by atoms with Crippen molar-refractivity contribution in [1.82, 2.24) is 20.9 Å². The molecule has 1 unspecified atom stereocenters. The smallest absolute Gasteiger partial charge is 0.191 e. The van der Waals surface area contributed by atoms with Crippen LogP contribution in [0.4, 0.5) is 0 Å². The van der Waals surface area contributed by atoms with Crippen molar-refractivity contribution in [3.63, 3.8) is 0 Å². The maximum atomic E-state index is 10.6. The van der Waals surface area contributed by atoms with E-state index in [4.69, 9.17) is 4.74 Å². The summed E-state index contributed by atoms with van der Waals surface area (Å²) in [4.78, 5) is 6.77. The lowest BCUT2D eigenvalue weighted by molar-refractivity contribution is -0.0179. The molecule has 1 rings (SSSR count). The fourth-order valence-electron chi connectivity index (χ4n) is 2.50. The fourth-order valence-corrected chi connectivity index (χ4v) is 2.50. The van der Waals surface area contributed by atoms with Crippen LogP contribution >= 0.6 is 24.0 Å². The van der Waals surface area contributed by atoms with Crippen molar-refractivity contribution in [2.45, 2.75) is 45.8 Å². The maximum Gasteiger partial charge on any atom is 0.191 e. The molecule has 0 saturated carbocycles. The van der Waals surface area contributed by atoms with Gasteiger partial charge in [0.05, 0.1) is 25.4 Å². The summed E-state index contributed by atoms with van der Waals surface area (Å²) in [6.07, 6.45) is 0. The Hall–Kier alpha value is -0.160. The molecule has 25 heavy (non-hydrogen) atoms. The number of halogens is 1. The molecule has 0 spiro atoms. The van der Waals surface area contributed by atoms with Gasteiger partial charge in [-0.1, -0.05) is 0 Å². The number of morpholine rings is 1. The Morgan fingerprint density at radius 3 is 2.32 bits per heavy atom. The molecule has 1 atom stereocenters. The highest BCUT2D eigenvalue weighted by Crippen LogP contribution is 2.09. The van der Waals surface area contributed by atoms with Crippen LogP contribution in [0.5, 0.6) is 0 Å². The van der Waals surface area contributed by atoms with Crippen LogP contribution in [0, 0.1) is 0 Å². The van der Waals surface area contributed by atoms with Gasteiger partial charge < -0.3 is 25.8 Å². The number of nitrogens with one attached hydrogen (secondary N) is 3. The zero-order valence-corrected chi connectivity index (χ0v) is 18.9.